The summed E-state index contributed by atoms with van der Waals surface area (Å²) >= 11 is 0. The molecule has 3 fully saturated rings. The maximum absolute atomic E-state index is 13.6. The van der Waals surface area contributed by atoms with E-state index in [1.807, 2.05) is 16.9 Å². The summed E-state index contributed by atoms with van der Waals surface area (Å²) in [7, 11) is 0. The average Bonchev–Trinajstić information content (AvgIpc) is 3.37. The summed E-state index contributed by atoms with van der Waals surface area (Å²) in [5, 5.41) is 5.50. The summed E-state index contributed by atoms with van der Waals surface area (Å²) in [6.45, 7) is 5.22. The highest BCUT2D eigenvalue weighted by Gasteiger charge is 2.41. The Morgan fingerprint density at radius 3 is 2.67 bits per heavy atom. The second kappa shape index (κ2) is 7.17. The molecule has 0 radical (unpaired) electrons. The summed E-state index contributed by atoms with van der Waals surface area (Å²) in [6.07, 6.45) is 10.1. The minimum Gasteiger partial charge on any atom is -0.378 e. The SMILES string of the molecule is C[C@H](CN1C2CCC1CC(OCC1CC1)C2)Cn1ncc2ccc(F)cc21. The monoisotopic (exact) mass is 371 g/mol. The van der Waals surface area contributed by atoms with Crippen LogP contribution in [0.2, 0.25) is 0 Å². The van der Waals surface area contributed by atoms with E-state index in [-0.39, 0.29) is 5.82 Å². The summed E-state index contributed by atoms with van der Waals surface area (Å²) in [5.41, 5.74) is 0.900. The van der Waals surface area contributed by atoms with Crippen molar-refractivity contribution < 1.29 is 9.13 Å². The fraction of sp³-hybridized carbons (Fsp3) is 0.682. The van der Waals surface area contributed by atoms with E-state index in [1.165, 1.54) is 44.6 Å². The van der Waals surface area contributed by atoms with Gasteiger partial charge in [0.25, 0.3) is 0 Å². The molecule has 2 saturated heterocycles. The molecule has 3 atom stereocenters. The number of piperidine rings is 1. The molecule has 0 N–H and O–H groups in total. The lowest BCUT2D eigenvalue weighted by molar-refractivity contribution is -0.0276. The first-order valence-corrected chi connectivity index (χ1v) is 10.6. The van der Waals surface area contributed by atoms with E-state index in [1.54, 1.807) is 6.07 Å². The Morgan fingerprint density at radius 1 is 1.15 bits per heavy atom. The lowest BCUT2D eigenvalue weighted by atomic mass is 9.98. The molecule has 0 spiro atoms. The zero-order valence-corrected chi connectivity index (χ0v) is 16.2. The van der Waals surface area contributed by atoms with E-state index in [0.717, 1.165) is 36.5 Å². The van der Waals surface area contributed by atoms with Crippen LogP contribution in [0.15, 0.2) is 24.4 Å². The van der Waals surface area contributed by atoms with Gasteiger partial charge in [-0.15, -0.1) is 0 Å². The van der Waals surface area contributed by atoms with Crippen LogP contribution in [-0.4, -0.2) is 46.0 Å². The predicted molar refractivity (Wildman–Crippen MR) is 104 cm³/mol. The van der Waals surface area contributed by atoms with Crippen LogP contribution >= 0.6 is 0 Å². The maximum atomic E-state index is 13.6. The van der Waals surface area contributed by atoms with Crippen LogP contribution in [-0.2, 0) is 11.3 Å². The number of halogens is 1. The van der Waals surface area contributed by atoms with Gasteiger partial charge >= 0.3 is 0 Å². The third-order valence-electron chi connectivity index (χ3n) is 6.72. The van der Waals surface area contributed by atoms with Crippen LogP contribution in [0.4, 0.5) is 4.39 Å². The lowest BCUT2D eigenvalue weighted by Gasteiger charge is -2.40. The summed E-state index contributed by atoms with van der Waals surface area (Å²) in [5.74, 6) is 1.15. The first-order chi connectivity index (χ1) is 13.2. The van der Waals surface area contributed by atoms with Gasteiger partial charge in [0.1, 0.15) is 5.82 Å². The number of hydrogen-bond donors (Lipinski definition) is 0. The number of benzene rings is 1. The van der Waals surface area contributed by atoms with Crippen molar-refractivity contribution in [2.75, 3.05) is 13.2 Å². The molecule has 3 aliphatic rings. The van der Waals surface area contributed by atoms with Crippen molar-refractivity contribution in [3.05, 3.63) is 30.2 Å². The van der Waals surface area contributed by atoms with Gasteiger partial charge in [-0.25, -0.2) is 4.39 Å². The molecule has 4 nitrogen and oxygen atoms in total. The number of nitrogens with zero attached hydrogens (tertiary/aromatic N) is 3. The Bertz CT molecular complexity index is 788. The number of aromatic nitrogens is 2. The molecule has 0 amide bonds. The number of ether oxygens (including phenoxy) is 1. The second-order valence-corrected chi connectivity index (χ2v) is 9.09. The molecule has 27 heavy (non-hydrogen) atoms. The molecule has 2 aromatic rings. The smallest absolute Gasteiger partial charge is 0.125 e. The number of fused-ring (bicyclic) bond motifs is 3. The Balaban J connectivity index is 1.19. The van der Waals surface area contributed by atoms with Crippen molar-refractivity contribution in [3.63, 3.8) is 0 Å². The van der Waals surface area contributed by atoms with Gasteiger partial charge in [-0.3, -0.25) is 9.58 Å². The molecular weight excluding hydrogens is 341 g/mol. The zero-order chi connectivity index (χ0) is 18.4. The fourth-order valence-corrected chi connectivity index (χ4v) is 5.12. The largest absolute Gasteiger partial charge is 0.378 e. The quantitative estimate of drug-likeness (QED) is 0.729. The maximum Gasteiger partial charge on any atom is 0.125 e. The number of rotatable bonds is 7. The van der Waals surface area contributed by atoms with Gasteiger partial charge in [-0.05, 0) is 68.6 Å². The van der Waals surface area contributed by atoms with E-state index in [0.29, 0.717) is 24.1 Å². The highest BCUT2D eigenvalue weighted by atomic mass is 19.1. The molecule has 1 saturated carbocycles. The Labute approximate surface area is 160 Å². The Morgan fingerprint density at radius 2 is 1.93 bits per heavy atom. The molecule has 1 aromatic carbocycles. The second-order valence-electron chi connectivity index (χ2n) is 9.09. The van der Waals surface area contributed by atoms with Crippen molar-refractivity contribution >= 4 is 10.9 Å². The number of hydrogen-bond acceptors (Lipinski definition) is 3. The molecule has 5 rings (SSSR count). The standard InChI is InChI=1S/C22H30FN3O/c1-15(13-26-22-8-18(23)5-4-17(22)11-24-26)12-25-19-6-7-20(25)10-21(9-19)27-14-16-2-3-16/h4-5,8,11,15-16,19-21H,2-3,6-7,9-10,12-14H2,1H3/t15-,19?,20?,21?/m1/s1. The molecule has 5 heteroatoms. The summed E-state index contributed by atoms with van der Waals surface area (Å²) in [6, 6.07) is 6.28. The van der Waals surface area contributed by atoms with E-state index >= 15 is 0 Å². The van der Waals surface area contributed by atoms with E-state index in [9.17, 15) is 4.39 Å². The van der Waals surface area contributed by atoms with Crippen molar-refractivity contribution in [3.8, 4) is 0 Å². The third kappa shape index (κ3) is 3.77. The minimum absolute atomic E-state index is 0.191. The first-order valence-electron chi connectivity index (χ1n) is 10.6. The lowest BCUT2D eigenvalue weighted by Crippen LogP contribution is -2.47. The zero-order valence-electron chi connectivity index (χ0n) is 16.2. The summed E-state index contributed by atoms with van der Waals surface area (Å²) < 4.78 is 21.8. The van der Waals surface area contributed by atoms with Gasteiger partial charge in [0.2, 0.25) is 0 Å². The normalized spacial score (nSPS) is 29.5. The molecule has 2 unspecified atom stereocenters. The van der Waals surface area contributed by atoms with E-state index in [4.69, 9.17) is 4.74 Å². The molecule has 2 aliphatic heterocycles. The van der Waals surface area contributed by atoms with Gasteiger partial charge in [-0.2, -0.15) is 5.10 Å². The molecule has 3 heterocycles. The Hall–Kier alpha value is -1.46. The molecular formula is C22H30FN3O. The van der Waals surface area contributed by atoms with Gasteiger partial charge in [-0.1, -0.05) is 6.92 Å². The fourth-order valence-electron chi connectivity index (χ4n) is 5.12. The average molecular weight is 372 g/mol. The van der Waals surface area contributed by atoms with Gasteiger partial charge in [0, 0.05) is 37.2 Å². The van der Waals surface area contributed by atoms with Gasteiger partial charge < -0.3 is 4.74 Å². The molecule has 146 valence electrons. The molecule has 2 bridgehead atoms. The van der Waals surface area contributed by atoms with Crippen LogP contribution in [0.25, 0.3) is 10.9 Å². The summed E-state index contributed by atoms with van der Waals surface area (Å²) in [4.78, 5) is 2.73. The van der Waals surface area contributed by atoms with Crippen molar-refractivity contribution in [2.24, 2.45) is 11.8 Å². The van der Waals surface area contributed by atoms with Gasteiger partial charge in [0.05, 0.1) is 17.8 Å². The van der Waals surface area contributed by atoms with Crippen LogP contribution in [0.3, 0.4) is 0 Å². The Kier molecular flexibility index (Phi) is 4.68. The van der Waals surface area contributed by atoms with Gasteiger partial charge in [0.15, 0.2) is 0 Å². The van der Waals surface area contributed by atoms with Crippen LogP contribution < -0.4 is 0 Å². The first kappa shape index (κ1) is 17.6. The van der Waals surface area contributed by atoms with E-state index < -0.39 is 0 Å². The van der Waals surface area contributed by atoms with Crippen LogP contribution in [0.1, 0.15) is 45.4 Å². The van der Waals surface area contributed by atoms with Crippen molar-refractivity contribution in [1.29, 1.82) is 0 Å². The molecule has 1 aliphatic carbocycles. The van der Waals surface area contributed by atoms with Crippen molar-refractivity contribution in [2.45, 2.75) is 70.2 Å². The highest BCUT2D eigenvalue weighted by Crippen LogP contribution is 2.38. The highest BCUT2D eigenvalue weighted by molar-refractivity contribution is 5.78. The van der Waals surface area contributed by atoms with Crippen LogP contribution in [0, 0.1) is 17.7 Å². The van der Waals surface area contributed by atoms with Crippen molar-refractivity contribution in [1.82, 2.24) is 14.7 Å². The predicted octanol–water partition coefficient (Wildman–Crippen LogP) is 4.23. The van der Waals surface area contributed by atoms with E-state index in [2.05, 4.69) is 16.9 Å². The van der Waals surface area contributed by atoms with Crippen LogP contribution in [0.5, 0.6) is 0 Å². The minimum atomic E-state index is -0.191. The molecule has 1 aromatic heterocycles. The topological polar surface area (TPSA) is 30.3 Å². The third-order valence-corrected chi connectivity index (χ3v) is 6.72.